The fourth-order valence-electron chi connectivity index (χ4n) is 3.32. The third-order valence-electron chi connectivity index (χ3n) is 4.74. The van der Waals surface area contributed by atoms with Crippen LogP contribution in [0.15, 0.2) is 78.0 Å². The molecule has 2 aromatic carbocycles. The van der Waals surface area contributed by atoms with Crippen LogP contribution in [0.2, 0.25) is 0 Å². The second-order valence-electron chi connectivity index (χ2n) is 6.83. The molecule has 1 aliphatic heterocycles. The Morgan fingerprint density at radius 3 is 2.73 bits per heavy atom. The SMILES string of the molecule is C=CCSC1NC(C)=C(C(=O)Nc2ccccc2C)C(c2cccc(F)c2)=C1C#N. The molecule has 6 heteroatoms. The normalized spacial score (nSPS) is 16.0. The molecule has 0 radical (unpaired) electrons. The number of hydrogen-bond acceptors (Lipinski definition) is 4. The van der Waals surface area contributed by atoms with Gasteiger partial charge in [-0.25, -0.2) is 4.39 Å². The van der Waals surface area contributed by atoms with Crippen LogP contribution in [0.25, 0.3) is 5.57 Å². The van der Waals surface area contributed by atoms with Crippen LogP contribution >= 0.6 is 11.8 Å². The number of thioether (sulfide) groups is 1. The molecule has 0 aromatic heterocycles. The van der Waals surface area contributed by atoms with Gasteiger partial charge in [0.1, 0.15) is 11.2 Å². The monoisotopic (exact) mass is 419 g/mol. The second-order valence-corrected chi connectivity index (χ2v) is 7.96. The van der Waals surface area contributed by atoms with Crippen molar-refractivity contribution in [2.24, 2.45) is 0 Å². The molecule has 0 aliphatic carbocycles. The Morgan fingerprint density at radius 1 is 1.30 bits per heavy atom. The highest BCUT2D eigenvalue weighted by Gasteiger charge is 2.32. The van der Waals surface area contributed by atoms with Crippen LogP contribution in [-0.2, 0) is 4.79 Å². The lowest BCUT2D eigenvalue weighted by Gasteiger charge is -2.29. The molecule has 1 amide bonds. The first-order valence-electron chi connectivity index (χ1n) is 9.43. The summed E-state index contributed by atoms with van der Waals surface area (Å²) in [6.07, 6.45) is 1.75. The smallest absolute Gasteiger partial charge is 0.258 e. The van der Waals surface area contributed by atoms with E-state index in [4.69, 9.17) is 0 Å². The van der Waals surface area contributed by atoms with Crippen molar-refractivity contribution in [3.8, 4) is 6.07 Å². The van der Waals surface area contributed by atoms with Crippen molar-refractivity contribution in [3.05, 3.63) is 95.0 Å². The maximum Gasteiger partial charge on any atom is 0.258 e. The van der Waals surface area contributed by atoms with E-state index in [2.05, 4.69) is 23.3 Å². The van der Waals surface area contributed by atoms with Gasteiger partial charge in [-0.2, -0.15) is 5.26 Å². The summed E-state index contributed by atoms with van der Waals surface area (Å²) in [4.78, 5) is 13.3. The zero-order valence-corrected chi connectivity index (χ0v) is 17.6. The van der Waals surface area contributed by atoms with Gasteiger partial charge in [0.2, 0.25) is 0 Å². The number of halogens is 1. The summed E-state index contributed by atoms with van der Waals surface area (Å²) in [6.45, 7) is 7.43. The fourth-order valence-corrected chi connectivity index (χ4v) is 4.25. The molecule has 1 unspecified atom stereocenters. The van der Waals surface area contributed by atoms with E-state index in [1.54, 1.807) is 25.1 Å². The first-order chi connectivity index (χ1) is 14.5. The fraction of sp³-hybridized carbons (Fsp3) is 0.167. The summed E-state index contributed by atoms with van der Waals surface area (Å²) in [5, 5.41) is 15.8. The topological polar surface area (TPSA) is 64.9 Å². The molecular weight excluding hydrogens is 397 g/mol. The summed E-state index contributed by atoms with van der Waals surface area (Å²) in [7, 11) is 0. The number of nitrogens with zero attached hydrogens (tertiary/aromatic N) is 1. The van der Waals surface area contributed by atoms with Crippen molar-refractivity contribution < 1.29 is 9.18 Å². The number of dihydropyridines is 1. The van der Waals surface area contributed by atoms with Crippen LogP contribution in [0.1, 0.15) is 18.1 Å². The molecule has 1 atom stereocenters. The summed E-state index contributed by atoms with van der Waals surface area (Å²) < 4.78 is 14.0. The number of carbonyl (C=O) groups excluding carboxylic acids is 1. The molecule has 1 aliphatic rings. The minimum atomic E-state index is -0.428. The predicted octanol–water partition coefficient (Wildman–Crippen LogP) is 5.17. The van der Waals surface area contributed by atoms with Gasteiger partial charge >= 0.3 is 0 Å². The first-order valence-corrected chi connectivity index (χ1v) is 10.5. The maximum atomic E-state index is 14.0. The van der Waals surface area contributed by atoms with E-state index in [0.717, 1.165) is 5.56 Å². The number of hydrogen-bond donors (Lipinski definition) is 2. The number of nitriles is 1. The van der Waals surface area contributed by atoms with E-state index >= 15 is 0 Å². The Balaban J connectivity index is 2.12. The van der Waals surface area contributed by atoms with Crippen molar-refractivity contribution in [2.45, 2.75) is 19.2 Å². The van der Waals surface area contributed by atoms with E-state index in [0.29, 0.717) is 39.4 Å². The molecular formula is C24H22FN3OS. The Bertz CT molecular complexity index is 1100. The molecule has 2 aromatic rings. The van der Waals surface area contributed by atoms with Gasteiger partial charge in [0, 0.05) is 22.7 Å². The molecule has 0 saturated heterocycles. The van der Waals surface area contributed by atoms with E-state index in [-0.39, 0.29) is 11.3 Å². The number of amides is 1. The zero-order chi connectivity index (χ0) is 21.7. The van der Waals surface area contributed by atoms with E-state index in [1.807, 2.05) is 31.2 Å². The van der Waals surface area contributed by atoms with Crippen LogP contribution in [-0.4, -0.2) is 17.0 Å². The van der Waals surface area contributed by atoms with Crippen molar-refractivity contribution >= 4 is 28.9 Å². The summed E-state index contributed by atoms with van der Waals surface area (Å²) >= 11 is 1.49. The second kappa shape index (κ2) is 9.47. The average Bonchev–Trinajstić information content (AvgIpc) is 2.73. The standard InChI is InChI=1S/C24H22FN3OS/c1-4-12-30-24-19(14-26)22(17-9-7-10-18(25)13-17)21(16(3)27-24)23(29)28-20-11-6-5-8-15(20)2/h4-11,13,24,27H,1,12H2,2-3H3,(H,28,29). The quantitative estimate of drug-likeness (QED) is 0.634. The van der Waals surface area contributed by atoms with Gasteiger partial charge < -0.3 is 10.6 Å². The Hall–Kier alpha value is -3.30. The lowest BCUT2D eigenvalue weighted by molar-refractivity contribution is -0.112. The van der Waals surface area contributed by atoms with Gasteiger partial charge in [-0.3, -0.25) is 4.79 Å². The van der Waals surface area contributed by atoms with Gasteiger partial charge in [-0.1, -0.05) is 36.4 Å². The Morgan fingerprint density at radius 2 is 2.07 bits per heavy atom. The lowest BCUT2D eigenvalue weighted by Crippen LogP contribution is -2.35. The summed E-state index contributed by atoms with van der Waals surface area (Å²) in [5.41, 5.74) is 3.88. The largest absolute Gasteiger partial charge is 0.372 e. The molecule has 30 heavy (non-hydrogen) atoms. The number of aryl methyl sites for hydroxylation is 1. The predicted molar refractivity (Wildman–Crippen MR) is 121 cm³/mol. The minimum Gasteiger partial charge on any atom is -0.372 e. The summed E-state index contributed by atoms with van der Waals surface area (Å²) in [6, 6.07) is 15.7. The van der Waals surface area contributed by atoms with Gasteiger partial charge in [-0.05, 0) is 43.2 Å². The maximum absolute atomic E-state index is 14.0. The van der Waals surface area contributed by atoms with E-state index < -0.39 is 5.82 Å². The van der Waals surface area contributed by atoms with Crippen LogP contribution in [0.5, 0.6) is 0 Å². The number of allylic oxidation sites excluding steroid dienone is 1. The number of para-hydroxylation sites is 1. The number of carbonyl (C=O) groups is 1. The van der Waals surface area contributed by atoms with Crippen molar-refractivity contribution in [3.63, 3.8) is 0 Å². The third-order valence-corrected chi connectivity index (χ3v) is 5.85. The highest BCUT2D eigenvalue weighted by Crippen LogP contribution is 2.37. The zero-order valence-electron chi connectivity index (χ0n) is 16.8. The van der Waals surface area contributed by atoms with Gasteiger partial charge in [0.05, 0.1) is 17.2 Å². The minimum absolute atomic E-state index is 0.329. The lowest BCUT2D eigenvalue weighted by atomic mass is 9.88. The molecule has 1 heterocycles. The molecule has 152 valence electrons. The highest BCUT2D eigenvalue weighted by molar-refractivity contribution is 8.00. The van der Waals surface area contributed by atoms with Gasteiger partial charge in [-0.15, -0.1) is 18.3 Å². The van der Waals surface area contributed by atoms with Gasteiger partial charge in [0.25, 0.3) is 5.91 Å². The van der Waals surface area contributed by atoms with Crippen LogP contribution in [0.4, 0.5) is 10.1 Å². The van der Waals surface area contributed by atoms with Crippen LogP contribution in [0, 0.1) is 24.1 Å². The average molecular weight is 420 g/mol. The number of benzene rings is 2. The number of nitrogens with one attached hydrogen (secondary N) is 2. The van der Waals surface area contributed by atoms with Gasteiger partial charge in [0.15, 0.2) is 0 Å². The molecule has 0 bridgehead atoms. The van der Waals surface area contributed by atoms with Crippen molar-refractivity contribution in [2.75, 3.05) is 11.1 Å². The number of anilines is 1. The van der Waals surface area contributed by atoms with E-state index in [1.165, 1.54) is 23.9 Å². The van der Waals surface area contributed by atoms with E-state index in [9.17, 15) is 14.4 Å². The first kappa shape index (κ1) is 21.4. The highest BCUT2D eigenvalue weighted by atomic mass is 32.2. The Labute approximate surface area is 180 Å². The third kappa shape index (κ3) is 4.47. The molecule has 0 saturated carbocycles. The van der Waals surface area contributed by atoms with Crippen LogP contribution < -0.4 is 10.6 Å². The molecule has 0 fully saturated rings. The molecule has 0 spiro atoms. The van der Waals surface area contributed by atoms with Crippen LogP contribution in [0.3, 0.4) is 0 Å². The van der Waals surface area contributed by atoms with Crippen molar-refractivity contribution in [1.29, 1.82) is 5.26 Å². The Kier molecular flexibility index (Phi) is 6.76. The van der Waals surface area contributed by atoms with Crippen molar-refractivity contribution in [1.82, 2.24) is 5.32 Å². The molecule has 3 rings (SSSR count). The molecule has 4 nitrogen and oxygen atoms in total. The summed E-state index contributed by atoms with van der Waals surface area (Å²) in [5.74, 6) is -0.159. The molecule has 2 N–H and O–H groups in total. The number of rotatable bonds is 6.